The van der Waals surface area contributed by atoms with Gasteiger partial charge in [-0.3, -0.25) is 9.59 Å². The maximum Gasteiger partial charge on any atom is 0.309 e. The average molecular weight is 182 g/mol. The van der Waals surface area contributed by atoms with Crippen molar-refractivity contribution in [1.29, 1.82) is 0 Å². The Bertz CT molecular complexity index is 259. The van der Waals surface area contributed by atoms with E-state index in [4.69, 9.17) is 0 Å². The van der Waals surface area contributed by atoms with Gasteiger partial charge >= 0.3 is 5.97 Å². The summed E-state index contributed by atoms with van der Waals surface area (Å²) in [6, 6.07) is 0. The monoisotopic (exact) mass is 182 g/mol. The van der Waals surface area contributed by atoms with Crippen LogP contribution in [0.2, 0.25) is 0 Å². The lowest BCUT2D eigenvalue weighted by molar-refractivity contribution is -0.154. The molecule has 0 amide bonds. The van der Waals surface area contributed by atoms with Crippen LogP contribution in [0.5, 0.6) is 0 Å². The minimum absolute atomic E-state index is 0.131. The lowest BCUT2D eigenvalue weighted by Crippen LogP contribution is -2.39. The molecule has 13 heavy (non-hydrogen) atoms. The largest absolute Gasteiger partial charge is 0.481 e. The van der Waals surface area contributed by atoms with Crippen LogP contribution in [-0.4, -0.2) is 16.9 Å². The van der Waals surface area contributed by atoms with Gasteiger partial charge < -0.3 is 5.11 Å². The van der Waals surface area contributed by atoms with Crippen molar-refractivity contribution in [2.24, 2.45) is 11.3 Å². The molecule has 0 spiro atoms. The van der Waals surface area contributed by atoms with E-state index in [1.165, 1.54) is 0 Å². The molecule has 2 saturated carbocycles. The van der Waals surface area contributed by atoms with Gasteiger partial charge in [0.1, 0.15) is 5.78 Å². The standard InChI is InChI=1S/C10H14O3/c11-8-3-5-10(9(12)13)4-1-2-7(10)6-8/h7H,1-6H2,(H,12,13). The average Bonchev–Trinajstić information content (AvgIpc) is 2.48. The lowest BCUT2D eigenvalue weighted by atomic mass is 9.68. The third kappa shape index (κ3) is 1.18. The Kier molecular flexibility index (Phi) is 1.90. The minimum atomic E-state index is -0.678. The van der Waals surface area contributed by atoms with Gasteiger partial charge in [0.25, 0.3) is 0 Å². The Labute approximate surface area is 77.1 Å². The molecular formula is C10H14O3. The van der Waals surface area contributed by atoms with Gasteiger partial charge in [-0.25, -0.2) is 0 Å². The molecule has 0 aromatic heterocycles. The van der Waals surface area contributed by atoms with Crippen molar-refractivity contribution in [2.45, 2.75) is 38.5 Å². The van der Waals surface area contributed by atoms with Crippen molar-refractivity contribution in [2.75, 3.05) is 0 Å². The first kappa shape index (κ1) is 8.73. The van der Waals surface area contributed by atoms with Crippen LogP contribution in [0.15, 0.2) is 0 Å². The number of Topliss-reactive ketones (excluding diaryl/α,β-unsaturated/α-hetero) is 1. The van der Waals surface area contributed by atoms with Crippen molar-refractivity contribution in [1.82, 2.24) is 0 Å². The zero-order chi connectivity index (χ0) is 9.47. The zero-order valence-electron chi connectivity index (χ0n) is 7.58. The molecule has 2 unspecified atom stereocenters. The first-order valence-corrected chi connectivity index (χ1v) is 4.90. The van der Waals surface area contributed by atoms with E-state index in [0.29, 0.717) is 19.3 Å². The van der Waals surface area contributed by atoms with Gasteiger partial charge in [0.05, 0.1) is 5.41 Å². The highest BCUT2D eigenvalue weighted by atomic mass is 16.4. The molecule has 2 aliphatic carbocycles. The summed E-state index contributed by atoms with van der Waals surface area (Å²) in [5.41, 5.74) is -0.534. The van der Waals surface area contributed by atoms with E-state index in [1.807, 2.05) is 0 Å². The van der Waals surface area contributed by atoms with Gasteiger partial charge in [-0.05, 0) is 25.2 Å². The fourth-order valence-electron chi connectivity index (χ4n) is 2.90. The third-order valence-corrected chi connectivity index (χ3v) is 3.71. The normalized spacial score (nSPS) is 38.8. The second kappa shape index (κ2) is 2.82. The molecule has 0 aromatic carbocycles. The SMILES string of the molecule is O=C1CCC2(C(=O)O)CCCC2C1. The van der Waals surface area contributed by atoms with Crippen LogP contribution in [0, 0.1) is 11.3 Å². The summed E-state index contributed by atoms with van der Waals surface area (Å²) in [6.45, 7) is 0. The van der Waals surface area contributed by atoms with Gasteiger partial charge in [-0.2, -0.15) is 0 Å². The van der Waals surface area contributed by atoms with Gasteiger partial charge in [0.15, 0.2) is 0 Å². The summed E-state index contributed by atoms with van der Waals surface area (Å²) in [4.78, 5) is 22.3. The van der Waals surface area contributed by atoms with E-state index in [1.54, 1.807) is 0 Å². The van der Waals surface area contributed by atoms with Gasteiger partial charge in [-0.15, -0.1) is 0 Å². The number of carbonyl (C=O) groups excluding carboxylic acids is 1. The van der Waals surface area contributed by atoms with Crippen molar-refractivity contribution >= 4 is 11.8 Å². The number of aliphatic carboxylic acids is 1. The molecule has 2 aliphatic rings. The van der Waals surface area contributed by atoms with Gasteiger partial charge in [0.2, 0.25) is 0 Å². The molecule has 72 valence electrons. The van der Waals surface area contributed by atoms with Crippen LogP contribution < -0.4 is 0 Å². The molecule has 2 fully saturated rings. The lowest BCUT2D eigenvalue weighted by Gasteiger charge is -2.34. The number of hydrogen-bond donors (Lipinski definition) is 1. The van der Waals surface area contributed by atoms with Crippen LogP contribution in [0.4, 0.5) is 0 Å². The number of rotatable bonds is 1. The van der Waals surface area contributed by atoms with E-state index in [9.17, 15) is 14.7 Å². The number of carboxylic acid groups (broad SMARTS) is 1. The number of fused-ring (bicyclic) bond motifs is 1. The summed E-state index contributed by atoms with van der Waals surface area (Å²) in [6.07, 6.45) is 4.24. The number of carboxylic acids is 1. The zero-order valence-corrected chi connectivity index (χ0v) is 7.58. The Morgan fingerprint density at radius 2 is 2.23 bits per heavy atom. The second-order valence-electron chi connectivity index (χ2n) is 4.29. The van der Waals surface area contributed by atoms with Crippen molar-refractivity contribution in [3.8, 4) is 0 Å². The predicted octanol–water partition coefficient (Wildman–Crippen LogP) is 1.61. The molecule has 0 aliphatic heterocycles. The van der Waals surface area contributed by atoms with E-state index in [2.05, 4.69) is 0 Å². The number of hydrogen-bond acceptors (Lipinski definition) is 2. The third-order valence-electron chi connectivity index (χ3n) is 3.71. The Hall–Kier alpha value is -0.860. The van der Waals surface area contributed by atoms with Crippen molar-refractivity contribution in [3.05, 3.63) is 0 Å². The summed E-state index contributed by atoms with van der Waals surface area (Å²) < 4.78 is 0. The highest BCUT2D eigenvalue weighted by molar-refractivity contribution is 5.84. The van der Waals surface area contributed by atoms with Crippen molar-refractivity contribution < 1.29 is 14.7 Å². The summed E-state index contributed by atoms with van der Waals surface area (Å²) in [5, 5.41) is 9.17. The van der Waals surface area contributed by atoms with Crippen LogP contribution in [0.25, 0.3) is 0 Å². The molecule has 0 saturated heterocycles. The fourth-order valence-corrected chi connectivity index (χ4v) is 2.90. The van der Waals surface area contributed by atoms with Crippen LogP contribution in [0.3, 0.4) is 0 Å². The van der Waals surface area contributed by atoms with Crippen LogP contribution >= 0.6 is 0 Å². The van der Waals surface area contributed by atoms with Gasteiger partial charge in [0, 0.05) is 12.8 Å². The minimum Gasteiger partial charge on any atom is -0.481 e. The molecule has 3 nitrogen and oxygen atoms in total. The van der Waals surface area contributed by atoms with E-state index in [-0.39, 0.29) is 11.7 Å². The molecule has 3 heteroatoms. The Balaban J connectivity index is 2.25. The molecule has 2 atom stereocenters. The van der Waals surface area contributed by atoms with E-state index in [0.717, 1.165) is 19.3 Å². The quantitative estimate of drug-likeness (QED) is 0.670. The first-order chi connectivity index (χ1) is 6.15. The summed E-state index contributed by atoms with van der Waals surface area (Å²) in [5.74, 6) is -0.294. The van der Waals surface area contributed by atoms with Crippen LogP contribution in [0.1, 0.15) is 38.5 Å². The second-order valence-corrected chi connectivity index (χ2v) is 4.29. The first-order valence-electron chi connectivity index (χ1n) is 4.90. The summed E-state index contributed by atoms with van der Waals surface area (Å²) >= 11 is 0. The molecule has 0 radical (unpaired) electrons. The number of carbonyl (C=O) groups is 2. The topological polar surface area (TPSA) is 54.4 Å². The van der Waals surface area contributed by atoms with Crippen molar-refractivity contribution in [3.63, 3.8) is 0 Å². The molecular weight excluding hydrogens is 168 g/mol. The fraction of sp³-hybridized carbons (Fsp3) is 0.800. The highest BCUT2D eigenvalue weighted by Crippen LogP contribution is 2.51. The molecule has 0 bridgehead atoms. The Morgan fingerprint density at radius 3 is 2.92 bits per heavy atom. The Morgan fingerprint density at radius 1 is 1.46 bits per heavy atom. The molecule has 0 aromatic rings. The maximum atomic E-state index is 11.2. The predicted molar refractivity (Wildman–Crippen MR) is 46.3 cm³/mol. The van der Waals surface area contributed by atoms with E-state index < -0.39 is 11.4 Å². The van der Waals surface area contributed by atoms with Crippen LogP contribution in [-0.2, 0) is 9.59 Å². The molecule has 0 heterocycles. The van der Waals surface area contributed by atoms with Gasteiger partial charge in [-0.1, -0.05) is 6.42 Å². The smallest absolute Gasteiger partial charge is 0.309 e. The molecule has 2 rings (SSSR count). The summed E-state index contributed by atoms with van der Waals surface area (Å²) in [7, 11) is 0. The van der Waals surface area contributed by atoms with E-state index >= 15 is 0 Å². The molecule has 1 N–H and O–H groups in total. The number of ketones is 1. The maximum absolute atomic E-state index is 11.2. The highest BCUT2D eigenvalue weighted by Gasteiger charge is 2.51.